The summed E-state index contributed by atoms with van der Waals surface area (Å²) in [6.45, 7) is 1.96. The average molecular weight is 309 g/mol. The molecule has 0 aliphatic rings. The van der Waals surface area contributed by atoms with Crippen molar-refractivity contribution in [3.05, 3.63) is 45.8 Å². The van der Waals surface area contributed by atoms with Gasteiger partial charge < -0.3 is 10.1 Å². The minimum absolute atomic E-state index is 0.0701. The van der Waals surface area contributed by atoms with E-state index in [1.54, 1.807) is 0 Å². The van der Waals surface area contributed by atoms with Crippen LogP contribution in [0, 0.1) is 5.82 Å². The van der Waals surface area contributed by atoms with Crippen molar-refractivity contribution in [3.63, 3.8) is 0 Å². The summed E-state index contributed by atoms with van der Waals surface area (Å²) in [5.74, 6) is -2.03. The van der Waals surface area contributed by atoms with Gasteiger partial charge in [0.05, 0.1) is 11.8 Å². The number of carboxylic acids is 1. The van der Waals surface area contributed by atoms with Crippen molar-refractivity contribution in [1.29, 1.82) is 0 Å². The van der Waals surface area contributed by atoms with Gasteiger partial charge in [-0.2, -0.15) is 0 Å². The minimum Gasteiger partial charge on any atom is -0.478 e. The first-order valence-electron chi connectivity index (χ1n) is 6.16. The molecule has 0 aliphatic carbocycles. The number of H-pyrrole nitrogens is 1. The van der Waals surface area contributed by atoms with Gasteiger partial charge in [-0.3, -0.25) is 4.79 Å². The van der Waals surface area contributed by atoms with Crippen LogP contribution in [-0.4, -0.2) is 26.0 Å². The van der Waals surface area contributed by atoms with Gasteiger partial charge in [-0.05, 0) is 24.2 Å². The van der Waals surface area contributed by atoms with Crippen LogP contribution in [0.5, 0.6) is 0 Å². The van der Waals surface area contributed by atoms with E-state index in [2.05, 4.69) is 15.0 Å². The maximum atomic E-state index is 13.1. The third kappa shape index (κ3) is 3.88. The zero-order chi connectivity index (χ0) is 15.4. The largest absolute Gasteiger partial charge is 0.478 e. The van der Waals surface area contributed by atoms with Gasteiger partial charge >= 0.3 is 5.97 Å². The number of carbonyl (C=O) groups is 1. The molecule has 2 heterocycles. The molecule has 21 heavy (non-hydrogen) atoms. The van der Waals surface area contributed by atoms with Crippen LogP contribution in [0.25, 0.3) is 0 Å². The maximum absolute atomic E-state index is 13.1. The lowest BCUT2D eigenvalue weighted by Crippen LogP contribution is -2.10. The minimum atomic E-state index is -1.29. The number of nitrogens with one attached hydrogen (secondary N) is 1. The Bertz CT molecular complexity index is 733. The Morgan fingerprint density at radius 2 is 2.24 bits per heavy atom. The zero-order valence-corrected chi connectivity index (χ0v) is 11.9. The molecule has 2 aromatic heterocycles. The van der Waals surface area contributed by atoms with Crippen LogP contribution in [0.15, 0.2) is 33.3 Å². The number of carboxylic acid groups (broad SMARTS) is 1. The highest BCUT2D eigenvalue weighted by molar-refractivity contribution is 7.99. The van der Waals surface area contributed by atoms with Gasteiger partial charge in [-0.25, -0.2) is 19.2 Å². The number of hydrogen-bond donors (Lipinski definition) is 2. The number of rotatable bonds is 5. The molecule has 2 N–H and O–H groups in total. The number of nitrogens with zero attached hydrogens (tertiary/aromatic N) is 2. The molecule has 0 unspecified atom stereocenters. The van der Waals surface area contributed by atoms with Crippen molar-refractivity contribution >= 4 is 17.7 Å². The fourth-order valence-electron chi connectivity index (χ4n) is 1.67. The number of aromatic amines is 1. The second-order valence-electron chi connectivity index (χ2n) is 4.21. The first kappa shape index (κ1) is 15.2. The molecule has 2 rings (SSSR count). The van der Waals surface area contributed by atoms with Crippen molar-refractivity contribution in [2.75, 3.05) is 0 Å². The topological polar surface area (TPSA) is 95.9 Å². The number of halogens is 1. The monoisotopic (exact) mass is 309 g/mol. The standard InChI is InChI=1S/C13H12FN3O3S/c1-2-3-8-5-10(18)17-13(16-8)21-11-9(12(19)20)4-7(14)6-15-11/h4-6H,2-3H2,1H3,(H,19,20)(H,16,17,18). The molecule has 8 heteroatoms. The van der Waals surface area contributed by atoms with Gasteiger partial charge in [0.1, 0.15) is 10.8 Å². The molecule has 110 valence electrons. The van der Waals surface area contributed by atoms with Crippen molar-refractivity contribution in [2.45, 2.75) is 29.9 Å². The highest BCUT2D eigenvalue weighted by atomic mass is 32.2. The summed E-state index contributed by atoms with van der Waals surface area (Å²) in [6.07, 6.45) is 2.39. The number of pyridine rings is 1. The Morgan fingerprint density at radius 1 is 1.48 bits per heavy atom. The lowest BCUT2D eigenvalue weighted by Gasteiger charge is -2.05. The molecular weight excluding hydrogens is 297 g/mol. The predicted molar refractivity (Wildman–Crippen MR) is 74.1 cm³/mol. The molecule has 0 aromatic carbocycles. The third-order valence-corrected chi connectivity index (χ3v) is 3.43. The molecule has 0 bridgehead atoms. The molecule has 0 saturated carbocycles. The van der Waals surface area contributed by atoms with Crippen molar-refractivity contribution in [3.8, 4) is 0 Å². The number of hydrogen-bond acceptors (Lipinski definition) is 5. The van der Waals surface area contributed by atoms with Gasteiger partial charge in [-0.1, -0.05) is 13.3 Å². The maximum Gasteiger partial charge on any atom is 0.338 e. The molecule has 0 spiro atoms. The summed E-state index contributed by atoms with van der Waals surface area (Å²) >= 11 is 0.880. The van der Waals surface area contributed by atoms with Crippen LogP contribution >= 0.6 is 11.8 Å². The van der Waals surface area contributed by atoms with E-state index in [0.717, 1.165) is 30.4 Å². The molecule has 0 aliphatic heterocycles. The summed E-state index contributed by atoms with van der Waals surface area (Å²) in [4.78, 5) is 33.1. The van der Waals surface area contributed by atoms with E-state index < -0.39 is 11.8 Å². The van der Waals surface area contributed by atoms with E-state index in [1.807, 2.05) is 6.92 Å². The molecule has 2 aromatic rings. The lowest BCUT2D eigenvalue weighted by molar-refractivity contribution is 0.0691. The first-order valence-corrected chi connectivity index (χ1v) is 6.98. The summed E-state index contributed by atoms with van der Waals surface area (Å²) in [5, 5.41) is 9.35. The Labute approximate surface area is 123 Å². The molecule has 0 atom stereocenters. The Hall–Kier alpha value is -2.22. The average Bonchev–Trinajstić information content (AvgIpc) is 2.40. The van der Waals surface area contributed by atoms with Crippen LogP contribution in [0.1, 0.15) is 29.4 Å². The van der Waals surface area contributed by atoms with E-state index in [9.17, 15) is 14.0 Å². The van der Waals surface area contributed by atoms with E-state index >= 15 is 0 Å². The van der Waals surface area contributed by atoms with E-state index in [4.69, 9.17) is 5.11 Å². The van der Waals surface area contributed by atoms with Gasteiger partial charge in [-0.15, -0.1) is 0 Å². The molecule has 0 saturated heterocycles. The first-order chi connectivity index (χ1) is 9.99. The van der Waals surface area contributed by atoms with Crippen LogP contribution in [0.2, 0.25) is 0 Å². The van der Waals surface area contributed by atoms with Crippen molar-refractivity contribution in [2.24, 2.45) is 0 Å². The second-order valence-corrected chi connectivity index (χ2v) is 5.18. The van der Waals surface area contributed by atoms with Gasteiger partial charge in [0.2, 0.25) is 0 Å². The Morgan fingerprint density at radius 3 is 2.90 bits per heavy atom. The van der Waals surface area contributed by atoms with Crippen molar-refractivity contribution < 1.29 is 14.3 Å². The fraction of sp³-hybridized carbons (Fsp3) is 0.231. The van der Waals surface area contributed by atoms with Crippen LogP contribution in [0.4, 0.5) is 4.39 Å². The molecule has 0 fully saturated rings. The van der Waals surface area contributed by atoms with Crippen LogP contribution in [0.3, 0.4) is 0 Å². The number of aryl methyl sites for hydroxylation is 1. The highest BCUT2D eigenvalue weighted by Gasteiger charge is 2.15. The Kier molecular flexibility index (Phi) is 4.69. The smallest absolute Gasteiger partial charge is 0.338 e. The summed E-state index contributed by atoms with van der Waals surface area (Å²) in [7, 11) is 0. The summed E-state index contributed by atoms with van der Waals surface area (Å²) in [5.41, 5.74) is 0.0150. The SMILES string of the molecule is CCCc1cc(=O)[nH]c(Sc2ncc(F)cc2C(=O)O)n1. The molecule has 0 radical (unpaired) electrons. The third-order valence-electron chi connectivity index (χ3n) is 2.52. The second kappa shape index (κ2) is 6.49. The summed E-state index contributed by atoms with van der Waals surface area (Å²) < 4.78 is 13.1. The summed E-state index contributed by atoms with van der Waals surface area (Å²) in [6, 6.07) is 2.27. The van der Waals surface area contributed by atoms with Gasteiger partial charge in [0.25, 0.3) is 5.56 Å². The van der Waals surface area contributed by atoms with E-state index in [1.165, 1.54) is 6.07 Å². The Balaban J connectivity index is 2.38. The van der Waals surface area contributed by atoms with E-state index in [0.29, 0.717) is 12.1 Å². The van der Waals surface area contributed by atoms with Crippen LogP contribution < -0.4 is 5.56 Å². The van der Waals surface area contributed by atoms with Gasteiger partial charge in [0, 0.05) is 11.8 Å². The molecular formula is C13H12FN3O3S. The molecule has 0 amide bonds. The number of aromatic carboxylic acids is 1. The highest BCUT2D eigenvalue weighted by Crippen LogP contribution is 2.26. The van der Waals surface area contributed by atoms with Crippen LogP contribution in [-0.2, 0) is 6.42 Å². The predicted octanol–water partition coefficient (Wildman–Crippen LogP) is 2.11. The van der Waals surface area contributed by atoms with Crippen molar-refractivity contribution in [1.82, 2.24) is 15.0 Å². The zero-order valence-electron chi connectivity index (χ0n) is 11.1. The number of aromatic nitrogens is 3. The van der Waals surface area contributed by atoms with Gasteiger partial charge in [0.15, 0.2) is 5.16 Å². The normalized spacial score (nSPS) is 10.6. The fourth-order valence-corrected chi connectivity index (χ4v) is 2.53. The quantitative estimate of drug-likeness (QED) is 0.821. The van der Waals surface area contributed by atoms with E-state index in [-0.39, 0.29) is 21.3 Å². The lowest BCUT2D eigenvalue weighted by atomic mass is 10.2. The molecule has 6 nitrogen and oxygen atoms in total.